The quantitative estimate of drug-likeness (QED) is 0.702. The number of hydrogen-bond donors (Lipinski definition) is 3. The highest BCUT2D eigenvalue weighted by Crippen LogP contribution is 2.23. The van der Waals surface area contributed by atoms with Crippen molar-refractivity contribution >= 4 is 0 Å². The van der Waals surface area contributed by atoms with Gasteiger partial charge >= 0.3 is 5.63 Å². The summed E-state index contributed by atoms with van der Waals surface area (Å²) in [4.78, 5) is 11.2. The van der Waals surface area contributed by atoms with Crippen LogP contribution in [0.4, 0.5) is 0 Å². The monoisotopic (exact) mass is 308 g/mol. The van der Waals surface area contributed by atoms with E-state index >= 15 is 0 Å². The molecule has 0 amide bonds. The van der Waals surface area contributed by atoms with Gasteiger partial charge in [0, 0.05) is 17.9 Å². The summed E-state index contributed by atoms with van der Waals surface area (Å²) in [5.74, 6) is -0.640. The summed E-state index contributed by atoms with van der Waals surface area (Å²) in [5, 5.41) is 29.6. The van der Waals surface area contributed by atoms with E-state index in [-0.39, 0.29) is 17.4 Å². The first-order chi connectivity index (χ1) is 10.3. The molecule has 1 aromatic heterocycles. The van der Waals surface area contributed by atoms with Crippen molar-refractivity contribution in [2.75, 3.05) is 0 Å². The Morgan fingerprint density at radius 3 is 2.41 bits per heavy atom. The van der Waals surface area contributed by atoms with Gasteiger partial charge in [-0.3, -0.25) is 0 Å². The zero-order valence-electron chi connectivity index (χ0n) is 13.4. The third kappa shape index (κ3) is 4.86. The van der Waals surface area contributed by atoms with Crippen molar-refractivity contribution in [3.05, 3.63) is 52.1 Å². The highest BCUT2D eigenvalue weighted by atomic mass is 16.4. The molecule has 0 aliphatic rings. The van der Waals surface area contributed by atoms with Crippen LogP contribution in [0.15, 0.2) is 45.1 Å². The maximum atomic E-state index is 11.2. The summed E-state index contributed by atoms with van der Waals surface area (Å²) in [7, 11) is 0. The Balaban J connectivity index is 2.81. The van der Waals surface area contributed by atoms with Gasteiger partial charge in [-0.1, -0.05) is 32.1 Å². The summed E-state index contributed by atoms with van der Waals surface area (Å²) in [6, 6.07) is 2.28. The summed E-state index contributed by atoms with van der Waals surface area (Å²) in [6.07, 6.45) is 3.62. The van der Waals surface area contributed by atoms with Crippen LogP contribution < -0.4 is 5.63 Å². The molecule has 5 heteroatoms. The van der Waals surface area contributed by atoms with Gasteiger partial charge < -0.3 is 19.7 Å². The van der Waals surface area contributed by atoms with Crippen LogP contribution in [0.1, 0.15) is 39.4 Å². The predicted molar refractivity (Wildman–Crippen MR) is 84.8 cm³/mol. The maximum Gasteiger partial charge on any atom is 0.339 e. The molecule has 4 atom stereocenters. The molecule has 0 unspecified atom stereocenters. The van der Waals surface area contributed by atoms with Gasteiger partial charge in [0.15, 0.2) is 0 Å². The molecule has 1 heterocycles. The number of rotatable bonds is 6. The van der Waals surface area contributed by atoms with E-state index in [1.807, 2.05) is 26.8 Å². The number of hydrogen-bond acceptors (Lipinski definition) is 5. The predicted octanol–water partition coefficient (Wildman–Crippen LogP) is 2.33. The van der Waals surface area contributed by atoms with Crippen LogP contribution in [0, 0.1) is 5.92 Å². The van der Waals surface area contributed by atoms with Crippen molar-refractivity contribution in [1.82, 2.24) is 0 Å². The Kier molecular flexibility index (Phi) is 6.59. The summed E-state index contributed by atoms with van der Waals surface area (Å²) >= 11 is 0. The number of aromatic hydroxyl groups is 1. The standard InChI is InChI=1S/C17H24O5/c1-5-10(2)17(21)11(3)6-7-14(19)12(4)15-8-13(18)9-16(20)22-15/h5-9,11-12,14,17-19,21H,1-4H3/t11-,12+,14-,17+/m0/s1. The maximum absolute atomic E-state index is 11.2. The Morgan fingerprint density at radius 2 is 1.86 bits per heavy atom. The molecule has 5 nitrogen and oxygen atoms in total. The topological polar surface area (TPSA) is 90.9 Å². The van der Waals surface area contributed by atoms with Gasteiger partial charge in [0.2, 0.25) is 0 Å². The second kappa shape index (κ2) is 7.96. The summed E-state index contributed by atoms with van der Waals surface area (Å²) in [5.41, 5.74) is 0.198. The molecule has 1 rings (SSSR count). The van der Waals surface area contributed by atoms with Crippen LogP contribution >= 0.6 is 0 Å². The Labute approximate surface area is 130 Å². The second-order valence-corrected chi connectivity index (χ2v) is 5.54. The molecule has 0 saturated carbocycles. The highest BCUT2D eigenvalue weighted by molar-refractivity contribution is 5.22. The van der Waals surface area contributed by atoms with Crippen LogP contribution in [0.2, 0.25) is 0 Å². The molecule has 3 N–H and O–H groups in total. The van der Waals surface area contributed by atoms with Crippen LogP contribution in [0.25, 0.3) is 0 Å². The van der Waals surface area contributed by atoms with Gasteiger partial charge in [-0.2, -0.15) is 0 Å². The third-order valence-electron chi connectivity index (χ3n) is 3.77. The van der Waals surface area contributed by atoms with E-state index < -0.39 is 23.8 Å². The fraction of sp³-hybridized carbons (Fsp3) is 0.471. The van der Waals surface area contributed by atoms with Gasteiger partial charge in [0.05, 0.1) is 18.3 Å². The van der Waals surface area contributed by atoms with Crippen LogP contribution in [-0.2, 0) is 0 Å². The Bertz CT molecular complexity index is 599. The zero-order chi connectivity index (χ0) is 16.9. The Hall–Kier alpha value is -1.85. The SMILES string of the molecule is CC=C(C)[C@@H](O)[C@@H](C)C=C[C@H](O)[C@@H](C)c1cc(O)cc(=O)o1. The third-order valence-corrected chi connectivity index (χ3v) is 3.77. The summed E-state index contributed by atoms with van der Waals surface area (Å²) in [6.45, 7) is 7.23. The van der Waals surface area contributed by atoms with Gasteiger partial charge in [-0.15, -0.1) is 0 Å². The highest BCUT2D eigenvalue weighted by Gasteiger charge is 2.19. The fourth-order valence-corrected chi connectivity index (χ4v) is 2.02. The van der Waals surface area contributed by atoms with Gasteiger partial charge in [0.25, 0.3) is 0 Å². The minimum absolute atomic E-state index is 0.158. The van der Waals surface area contributed by atoms with E-state index in [0.29, 0.717) is 0 Å². The lowest BCUT2D eigenvalue weighted by Gasteiger charge is -2.18. The fourth-order valence-electron chi connectivity index (χ4n) is 2.02. The van der Waals surface area contributed by atoms with Crippen molar-refractivity contribution in [3.63, 3.8) is 0 Å². The molecule has 0 aromatic carbocycles. The molecule has 0 saturated heterocycles. The van der Waals surface area contributed by atoms with Crippen LogP contribution in [0.3, 0.4) is 0 Å². The van der Waals surface area contributed by atoms with Gasteiger partial charge in [-0.25, -0.2) is 4.79 Å². The molecule has 0 fully saturated rings. The van der Waals surface area contributed by atoms with Crippen molar-refractivity contribution in [1.29, 1.82) is 0 Å². The molecule has 0 aliphatic carbocycles. The first-order valence-electron chi connectivity index (χ1n) is 7.27. The van der Waals surface area contributed by atoms with E-state index in [2.05, 4.69) is 0 Å². The van der Waals surface area contributed by atoms with Crippen molar-refractivity contribution in [3.8, 4) is 5.75 Å². The molecule has 0 bridgehead atoms. The molecule has 0 radical (unpaired) electrons. The lowest BCUT2D eigenvalue weighted by molar-refractivity contribution is 0.166. The average Bonchev–Trinajstić information content (AvgIpc) is 2.48. The minimum Gasteiger partial charge on any atom is -0.508 e. The number of aliphatic hydroxyl groups excluding tert-OH is 2. The Morgan fingerprint density at radius 1 is 1.23 bits per heavy atom. The van der Waals surface area contributed by atoms with Gasteiger partial charge in [0.1, 0.15) is 11.5 Å². The number of allylic oxidation sites excluding steroid dienone is 1. The normalized spacial score (nSPS) is 18.2. The first kappa shape index (κ1) is 18.2. The first-order valence-corrected chi connectivity index (χ1v) is 7.27. The van der Waals surface area contributed by atoms with Crippen LogP contribution in [0.5, 0.6) is 5.75 Å². The van der Waals surface area contributed by atoms with E-state index in [4.69, 9.17) is 4.42 Å². The largest absolute Gasteiger partial charge is 0.508 e. The number of aliphatic hydroxyl groups is 2. The minimum atomic E-state index is -0.898. The van der Waals surface area contributed by atoms with Gasteiger partial charge in [-0.05, 0) is 19.4 Å². The average molecular weight is 308 g/mol. The molecule has 22 heavy (non-hydrogen) atoms. The van der Waals surface area contributed by atoms with Crippen LogP contribution in [-0.4, -0.2) is 27.5 Å². The second-order valence-electron chi connectivity index (χ2n) is 5.54. The molecular formula is C17H24O5. The zero-order valence-corrected chi connectivity index (χ0v) is 13.4. The lowest BCUT2D eigenvalue weighted by atomic mass is 9.95. The molecule has 0 spiro atoms. The molecule has 0 aliphatic heterocycles. The summed E-state index contributed by atoms with van der Waals surface area (Å²) < 4.78 is 4.98. The lowest BCUT2D eigenvalue weighted by Crippen LogP contribution is -2.19. The van der Waals surface area contributed by atoms with Crippen molar-refractivity contribution < 1.29 is 19.7 Å². The van der Waals surface area contributed by atoms with E-state index in [0.717, 1.165) is 11.6 Å². The molecule has 1 aromatic rings. The molecular weight excluding hydrogens is 284 g/mol. The van der Waals surface area contributed by atoms with E-state index in [1.165, 1.54) is 6.07 Å². The smallest absolute Gasteiger partial charge is 0.339 e. The van der Waals surface area contributed by atoms with Crippen molar-refractivity contribution in [2.24, 2.45) is 5.92 Å². The van der Waals surface area contributed by atoms with Crippen molar-refractivity contribution in [2.45, 2.75) is 45.8 Å². The molecule has 122 valence electrons. The van der Waals surface area contributed by atoms with E-state index in [1.54, 1.807) is 19.1 Å². The van der Waals surface area contributed by atoms with E-state index in [9.17, 15) is 20.1 Å².